The number of unbranched alkanes of at least 4 members (excludes halogenated alkanes) is 1. The second-order valence-corrected chi connectivity index (χ2v) is 20.2. The van der Waals surface area contributed by atoms with E-state index >= 15 is 0 Å². The van der Waals surface area contributed by atoms with Crippen LogP contribution in [-0.4, -0.2) is 192 Å². The normalized spacial score (nSPS) is 19.6. The van der Waals surface area contributed by atoms with E-state index in [1.807, 2.05) is 22.2 Å². The fraction of sp³-hybridized carbons (Fsp3) is 0.600. The maximum atomic E-state index is 13.7. The van der Waals surface area contributed by atoms with Crippen molar-refractivity contribution in [2.24, 2.45) is 5.41 Å². The van der Waals surface area contributed by atoms with E-state index in [0.717, 1.165) is 37.8 Å². The lowest BCUT2D eigenvalue weighted by molar-refractivity contribution is -0.136. The predicted octanol–water partition coefficient (Wildman–Crippen LogP) is 2.28. The smallest absolute Gasteiger partial charge is 0.350 e. The summed E-state index contributed by atoms with van der Waals surface area (Å²) < 4.78 is 93.4. The summed E-state index contributed by atoms with van der Waals surface area (Å²) in [4.78, 5) is 56.4. The predicted molar refractivity (Wildman–Crippen MR) is 254 cm³/mol. The number of hydrogen-bond acceptors (Lipinski definition) is 19. The molecule has 0 unspecified atom stereocenters. The van der Waals surface area contributed by atoms with Gasteiger partial charge in [-0.2, -0.15) is 20.2 Å². The van der Waals surface area contributed by atoms with Crippen LogP contribution >= 0.6 is 19.2 Å². The minimum absolute atomic E-state index is 0.0599. The molecule has 0 bridgehead atoms. The monoisotopic (exact) mass is 1100 g/mol. The van der Waals surface area contributed by atoms with Gasteiger partial charge in [0.05, 0.1) is 89.7 Å². The molecule has 1 amide bonds. The molecule has 3 fully saturated rings. The number of piperidine rings is 1. The first-order chi connectivity index (χ1) is 36.0. The van der Waals surface area contributed by atoms with Crippen LogP contribution in [0.15, 0.2) is 36.8 Å². The van der Waals surface area contributed by atoms with Crippen molar-refractivity contribution in [1.82, 2.24) is 49.4 Å². The largest absolute Gasteiger partial charge is 0.420 e. The lowest BCUT2D eigenvalue weighted by Gasteiger charge is -2.55. The van der Waals surface area contributed by atoms with Crippen LogP contribution in [0.1, 0.15) is 54.5 Å². The highest BCUT2D eigenvalue weighted by Gasteiger charge is 2.49. The Morgan fingerprint density at radius 2 is 1.59 bits per heavy atom. The summed E-state index contributed by atoms with van der Waals surface area (Å²) in [7, 11) is -4.45. The summed E-state index contributed by atoms with van der Waals surface area (Å²) in [5, 5.41) is 39.3. The number of aromatic nitrogens is 9. The van der Waals surface area contributed by atoms with Gasteiger partial charge in [-0.05, 0) is 49.8 Å². The summed E-state index contributed by atoms with van der Waals surface area (Å²) in [6.07, 6.45) is 2.98. The number of ether oxygens (including phenoxy) is 7. The molecule has 25 nitrogen and oxygen atoms in total. The first-order valence-corrected chi connectivity index (χ1v) is 26.4. The number of amides is 1. The molecule has 7 heterocycles. The Morgan fingerprint density at radius 3 is 2.31 bits per heavy atom. The SMILES string of the molecule is O=C(CCOCCOCCOCCOCCn1cc(CCCCn2ccc(C(=O)N3CCCC4(C3)CN(c3nc(Cl)nc5c3cnn5[C@@H]3O[C@H](COCP(=O)(O)O)[C@@H](O)[C@H]3O)C4)n2)nn1)Oc1c(F)cc(F)cc1F. The van der Waals surface area contributed by atoms with Gasteiger partial charge >= 0.3 is 13.6 Å². The highest BCUT2D eigenvalue weighted by Crippen LogP contribution is 2.44. The van der Waals surface area contributed by atoms with Crippen molar-refractivity contribution in [2.75, 3.05) is 96.9 Å². The number of esters is 1. The number of aliphatic hydroxyl groups is 2. The standard InChI is InChI=1S/C45H58ClF3N11O14P/c46-44-51-40(31-22-50-60(41(31)52-44)43-38(63)37(62)35(73-43)24-72-28-75(65,66)67)57-26-45(27-57)7-3-8-56(25-45)42(64)34-5-10-58(54-34)9-2-1-4-30-23-59(55-53-30)11-13-69-15-17-71-19-18-70-16-14-68-12-6-36(61)74-39-32(48)20-29(47)21-33(39)49/h5,10,20-23,35,37-38,43,62-63H,1-4,6-9,11-19,24-28H2,(H2,65,66,67)/t35-,37-,38-,43-/m1/s1. The summed E-state index contributed by atoms with van der Waals surface area (Å²) in [6.45, 7) is 5.23. The second kappa shape index (κ2) is 25.7. The van der Waals surface area contributed by atoms with Crippen molar-refractivity contribution in [3.63, 3.8) is 0 Å². The molecule has 410 valence electrons. The molecule has 4 aromatic heterocycles. The molecule has 4 N–H and O–H groups in total. The molecule has 3 aliphatic heterocycles. The molecule has 1 spiro atoms. The minimum atomic E-state index is -4.45. The molecule has 75 heavy (non-hydrogen) atoms. The molecular weight excluding hydrogens is 1040 g/mol. The molecule has 4 atom stereocenters. The van der Waals surface area contributed by atoms with Crippen LogP contribution in [0.2, 0.25) is 5.28 Å². The number of carbonyl (C=O) groups is 2. The van der Waals surface area contributed by atoms with Gasteiger partial charge in [0.15, 0.2) is 23.5 Å². The van der Waals surface area contributed by atoms with Gasteiger partial charge in [-0.15, -0.1) is 5.10 Å². The Labute approximate surface area is 431 Å². The fourth-order valence-electron chi connectivity index (χ4n) is 8.99. The van der Waals surface area contributed by atoms with Crippen LogP contribution in [-0.2, 0) is 57.3 Å². The van der Waals surface area contributed by atoms with Gasteiger partial charge < -0.3 is 63.0 Å². The highest BCUT2D eigenvalue weighted by atomic mass is 35.5. The van der Waals surface area contributed by atoms with E-state index in [1.54, 1.807) is 15.4 Å². The van der Waals surface area contributed by atoms with E-state index in [2.05, 4.69) is 35.2 Å². The Hall–Kier alpha value is -5.23. The molecule has 0 saturated carbocycles. The average Bonchev–Trinajstić information content (AvgIpc) is 4.18. The number of halogens is 4. The van der Waals surface area contributed by atoms with Crippen molar-refractivity contribution in [3.05, 3.63) is 70.9 Å². The fourth-order valence-corrected chi connectivity index (χ4v) is 9.50. The summed E-state index contributed by atoms with van der Waals surface area (Å²) in [5.74, 6) is -5.25. The van der Waals surface area contributed by atoms with Crippen LogP contribution in [0.25, 0.3) is 11.0 Å². The van der Waals surface area contributed by atoms with Gasteiger partial charge in [0, 0.05) is 62.7 Å². The zero-order chi connectivity index (χ0) is 53.1. The van der Waals surface area contributed by atoms with Gasteiger partial charge in [0.1, 0.15) is 42.0 Å². The summed E-state index contributed by atoms with van der Waals surface area (Å²) >= 11 is 6.40. The first-order valence-electron chi connectivity index (χ1n) is 24.2. The first kappa shape index (κ1) is 56.0. The lowest BCUT2D eigenvalue weighted by atomic mass is 9.73. The molecule has 8 rings (SSSR count). The van der Waals surface area contributed by atoms with E-state index in [1.165, 1.54) is 10.9 Å². The molecule has 30 heteroatoms. The Bertz CT molecular complexity index is 2740. The summed E-state index contributed by atoms with van der Waals surface area (Å²) in [5.41, 5.74) is 1.30. The maximum Gasteiger partial charge on any atom is 0.350 e. The average molecular weight is 1100 g/mol. The second-order valence-electron chi connectivity index (χ2n) is 18.3. The molecule has 3 aliphatic rings. The Morgan fingerprint density at radius 1 is 0.880 bits per heavy atom. The van der Waals surface area contributed by atoms with Crippen LogP contribution in [0, 0.1) is 22.9 Å². The molecule has 3 saturated heterocycles. The molecule has 5 aromatic rings. The van der Waals surface area contributed by atoms with E-state index < -0.39 is 67.7 Å². The number of benzene rings is 1. The van der Waals surface area contributed by atoms with Crippen LogP contribution < -0.4 is 9.64 Å². The number of anilines is 1. The van der Waals surface area contributed by atoms with E-state index in [4.69, 9.17) is 49.8 Å². The lowest BCUT2D eigenvalue weighted by Crippen LogP contribution is -2.64. The molecular formula is C45H58ClF3N11O14P. The number of likely N-dealkylation sites (tertiary alicyclic amines) is 1. The van der Waals surface area contributed by atoms with Crippen LogP contribution in [0.4, 0.5) is 19.0 Å². The third-order valence-electron chi connectivity index (χ3n) is 12.6. The van der Waals surface area contributed by atoms with Gasteiger partial charge in [0.2, 0.25) is 11.0 Å². The van der Waals surface area contributed by atoms with Gasteiger partial charge in [-0.3, -0.25) is 18.8 Å². The number of nitrogens with zero attached hydrogens (tertiary/aromatic N) is 11. The maximum absolute atomic E-state index is 13.7. The number of aryl methyl sites for hydroxylation is 2. The van der Waals surface area contributed by atoms with Gasteiger partial charge in [-0.25, -0.2) is 22.5 Å². The van der Waals surface area contributed by atoms with Crippen LogP contribution in [0.5, 0.6) is 5.75 Å². The van der Waals surface area contributed by atoms with E-state index in [-0.39, 0.29) is 55.1 Å². The van der Waals surface area contributed by atoms with Gasteiger partial charge in [-0.1, -0.05) is 5.21 Å². The zero-order valence-electron chi connectivity index (χ0n) is 40.6. The number of fused-ring (bicyclic) bond motifs is 1. The topological polar surface area (TPSA) is 295 Å². The summed E-state index contributed by atoms with van der Waals surface area (Å²) in [6, 6.07) is 2.58. The van der Waals surface area contributed by atoms with Crippen molar-refractivity contribution < 1.29 is 80.5 Å². The van der Waals surface area contributed by atoms with E-state index in [9.17, 15) is 37.5 Å². The number of hydrogen-bond donors (Lipinski definition) is 4. The number of carbonyl (C=O) groups excluding carboxylic acids is 2. The van der Waals surface area contributed by atoms with Crippen molar-refractivity contribution in [3.8, 4) is 5.75 Å². The van der Waals surface area contributed by atoms with Crippen LogP contribution in [0.3, 0.4) is 0 Å². The van der Waals surface area contributed by atoms with Crippen molar-refractivity contribution >= 4 is 47.9 Å². The molecule has 0 radical (unpaired) electrons. The number of rotatable bonds is 28. The van der Waals surface area contributed by atoms with E-state index in [0.29, 0.717) is 101 Å². The third kappa shape index (κ3) is 15.0. The Balaban J connectivity index is 0.669. The van der Waals surface area contributed by atoms with Crippen molar-refractivity contribution in [1.29, 1.82) is 0 Å². The highest BCUT2D eigenvalue weighted by molar-refractivity contribution is 7.51. The van der Waals surface area contributed by atoms with Gasteiger partial charge in [0.25, 0.3) is 5.91 Å². The molecule has 0 aliphatic carbocycles. The Kier molecular flexibility index (Phi) is 19.2. The number of aliphatic hydroxyl groups excluding tert-OH is 2. The van der Waals surface area contributed by atoms with Crippen molar-refractivity contribution in [2.45, 2.75) is 76.2 Å². The zero-order valence-corrected chi connectivity index (χ0v) is 42.2. The third-order valence-corrected chi connectivity index (χ3v) is 13.2. The minimum Gasteiger partial charge on any atom is -0.420 e. The quantitative estimate of drug-likeness (QED) is 0.0184. The molecule has 1 aromatic carbocycles.